The van der Waals surface area contributed by atoms with Crippen LogP contribution in [0.5, 0.6) is 5.75 Å². The Bertz CT molecular complexity index is 926. The van der Waals surface area contributed by atoms with Crippen molar-refractivity contribution in [2.75, 3.05) is 25.1 Å². The van der Waals surface area contributed by atoms with Gasteiger partial charge in [0.05, 0.1) is 18.7 Å². The molecule has 1 saturated heterocycles. The standard InChI is InChI=1S/C17H20ClN5O3S/c1-22-14(20-21-17(22)27)5-6-19-16(25)10-7-15(24)23(9-10)12-8-11(18)3-4-13(12)26-2/h3-4,8,10H,5-7,9H2,1-2H3,(H,19,25)(H,21,27). The number of carbonyl (C=O) groups is 2. The summed E-state index contributed by atoms with van der Waals surface area (Å²) in [4.78, 5) is 26.4. The number of carbonyl (C=O) groups excluding carboxylic acids is 2. The first-order chi connectivity index (χ1) is 12.9. The van der Waals surface area contributed by atoms with Crippen LogP contribution in [0, 0.1) is 10.7 Å². The predicted octanol–water partition coefficient (Wildman–Crippen LogP) is 1.85. The molecular weight excluding hydrogens is 390 g/mol. The molecule has 1 aliphatic rings. The van der Waals surface area contributed by atoms with Crippen LogP contribution in [0.3, 0.4) is 0 Å². The number of hydrogen-bond acceptors (Lipinski definition) is 5. The van der Waals surface area contributed by atoms with Gasteiger partial charge in [0.25, 0.3) is 0 Å². The second kappa shape index (κ2) is 8.10. The average molecular weight is 410 g/mol. The Morgan fingerprint density at radius 1 is 1.52 bits per heavy atom. The molecule has 0 aliphatic carbocycles. The topological polar surface area (TPSA) is 92.2 Å². The van der Waals surface area contributed by atoms with Crippen molar-refractivity contribution in [1.82, 2.24) is 20.1 Å². The molecule has 3 rings (SSSR count). The first-order valence-corrected chi connectivity index (χ1v) is 9.21. The summed E-state index contributed by atoms with van der Waals surface area (Å²) in [5.74, 6) is 0.574. The molecule has 0 bridgehead atoms. The van der Waals surface area contributed by atoms with Gasteiger partial charge in [-0.05, 0) is 30.4 Å². The van der Waals surface area contributed by atoms with Gasteiger partial charge in [0.15, 0.2) is 4.77 Å². The summed E-state index contributed by atoms with van der Waals surface area (Å²) in [6.07, 6.45) is 0.690. The highest BCUT2D eigenvalue weighted by Crippen LogP contribution is 2.35. The quantitative estimate of drug-likeness (QED) is 0.710. The van der Waals surface area contributed by atoms with Gasteiger partial charge in [0, 0.05) is 38.0 Å². The maximum absolute atomic E-state index is 12.5. The van der Waals surface area contributed by atoms with Crippen LogP contribution in [0.25, 0.3) is 0 Å². The van der Waals surface area contributed by atoms with Crippen molar-refractivity contribution < 1.29 is 14.3 Å². The third-order valence-corrected chi connectivity index (χ3v) is 5.15. The second-order valence-electron chi connectivity index (χ2n) is 6.27. The fraction of sp³-hybridized carbons (Fsp3) is 0.412. The van der Waals surface area contributed by atoms with Crippen LogP contribution in [0.4, 0.5) is 5.69 Å². The number of H-pyrrole nitrogens is 1. The maximum atomic E-state index is 12.5. The number of nitrogens with one attached hydrogen (secondary N) is 2. The van der Waals surface area contributed by atoms with E-state index in [-0.39, 0.29) is 24.8 Å². The SMILES string of the molecule is COc1ccc(Cl)cc1N1CC(C(=O)NCCc2n[nH]c(=S)n2C)CC1=O. The minimum absolute atomic E-state index is 0.134. The van der Waals surface area contributed by atoms with Crippen molar-refractivity contribution in [1.29, 1.82) is 0 Å². The Kier molecular flexibility index (Phi) is 5.81. The Balaban J connectivity index is 1.61. The van der Waals surface area contributed by atoms with Gasteiger partial charge in [-0.1, -0.05) is 11.6 Å². The average Bonchev–Trinajstić information content (AvgIpc) is 3.19. The third kappa shape index (κ3) is 4.14. The number of nitrogens with zero attached hydrogens (tertiary/aromatic N) is 3. The molecule has 2 N–H and O–H groups in total. The van der Waals surface area contributed by atoms with Crippen molar-refractivity contribution in [3.05, 3.63) is 33.8 Å². The van der Waals surface area contributed by atoms with Crippen molar-refractivity contribution in [2.24, 2.45) is 13.0 Å². The van der Waals surface area contributed by atoms with Gasteiger partial charge >= 0.3 is 0 Å². The van der Waals surface area contributed by atoms with E-state index in [4.69, 9.17) is 28.6 Å². The summed E-state index contributed by atoms with van der Waals surface area (Å²) in [7, 11) is 3.34. The molecule has 1 aromatic heterocycles. The van der Waals surface area contributed by atoms with Crippen molar-refractivity contribution in [2.45, 2.75) is 12.8 Å². The minimum atomic E-state index is -0.427. The molecule has 2 amide bonds. The Morgan fingerprint density at radius 3 is 2.96 bits per heavy atom. The molecule has 1 fully saturated rings. The van der Waals surface area contributed by atoms with E-state index >= 15 is 0 Å². The molecule has 10 heteroatoms. The van der Waals surface area contributed by atoms with Crippen LogP contribution in [-0.4, -0.2) is 46.8 Å². The van der Waals surface area contributed by atoms with E-state index in [1.54, 1.807) is 27.7 Å². The van der Waals surface area contributed by atoms with Crippen LogP contribution >= 0.6 is 23.8 Å². The number of halogens is 1. The van der Waals surface area contributed by atoms with Crippen LogP contribution in [0.15, 0.2) is 18.2 Å². The number of amides is 2. The third-order valence-electron chi connectivity index (χ3n) is 4.55. The van der Waals surface area contributed by atoms with Gasteiger partial charge in [0.2, 0.25) is 11.8 Å². The molecule has 144 valence electrons. The van der Waals surface area contributed by atoms with Gasteiger partial charge in [-0.2, -0.15) is 5.10 Å². The molecular formula is C17H20ClN5O3S. The summed E-state index contributed by atoms with van der Waals surface area (Å²) < 4.78 is 7.60. The number of methoxy groups -OCH3 is 1. The molecule has 2 heterocycles. The molecule has 1 aromatic carbocycles. The zero-order valence-electron chi connectivity index (χ0n) is 15.0. The number of anilines is 1. The lowest BCUT2D eigenvalue weighted by molar-refractivity contribution is -0.126. The summed E-state index contributed by atoms with van der Waals surface area (Å²) in [5.41, 5.74) is 0.576. The monoisotopic (exact) mass is 409 g/mol. The van der Waals surface area contributed by atoms with Crippen molar-refractivity contribution >= 4 is 41.3 Å². The fourth-order valence-electron chi connectivity index (χ4n) is 3.04. The smallest absolute Gasteiger partial charge is 0.227 e. The van der Waals surface area contributed by atoms with Crippen LogP contribution in [0.2, 0.25) is 5.02 Å². The number of ether oxygens (including phenoxy) is 1. The van der Waals surface area contributed by atoms with Gasteiger partial charge in [-0.15, -0.1) is 0 Å². The van der Waals surface area contributed by atoms with Crippen molar-refractivity contribution in [3.63, 3.8) is 0 Å². The van der Waals surface area contributed by atoms with E-state index in [0.29, 0.717) is 34.2 Å². The lowest BCUT2D eigenvalue weighted by Gasteiger charge is -2.19. The zero-order valence-corrected chi connectivity index (χ0v) is 16.6. The summed E-state index contributed by atoms with van der Waals surface area (Å²) in [6.45, 7) is 0.700. The Labute approximate surface area is 166 Å². The van der Waals surface area contributed by atoms with E-state index in [0.717, 1.165) is 5.82 Å². The van der Waals surface area contributed by atoms with Crippen LogP contribution < -0.4 is 15.0 Å². The number of hydrogen-bond donors (Lipinski definition) is 2. The normalized spacial score (nSPS) is 16.6. The van der Waals surface area contributed by atoms with Gasteiger partial charge in [0.1, 0.15) is 11.6 Å². The lowest BCUT2D eigenvalue weighted by atomic mass is 10.1. The molecule has 8 nitrogen and oxygen atoms in total. The number of aromatic nitrogens is 3. The first kappa shape index (κ1) is 19.4. The van der Waals surface area contributed by atoms with Gasteiger partial charge < -0.3 is 19.5 Å². The molecule has 2 aromatic rings. The van der Waals surface area contributed by atoms with E-state index < -0.39 is 5.92 Å². The molecule has 0 spiro atoms. The summed E-state index contributed by atoms with van der Waals surface area (Å²) in [6, 6.07) is 5.07. The zero-order chi connectivity index (χ0) is 19.6. The molecule has 1 unspecified atom stereocenters. The van der Waals surface area contributed by atoms with E-state index in [1.807, 2.05) is 7.05 Å². The van der Waals surface area contributed by atoms with Gasteiger partial charge in [-0.3, -0.25) is 14.7 Å². The highest BCUT2D eigenvalue weighted by Gasteiger charge is 2.36. The fourth-order valence-corrected chi connectivity index (χ4v) is 3.35. The van der Waals surface area contributed by atoms with Gasteiger partial charge in [-0.25, -0.2) is 0 Å². The number of benzene rings is 1. The first-order valence-electron chi connectivity index (χ1n) is 8.42. The predicted molar refractivity (Wildman–Crippen MR) is 104 cm³/mol. The Morgan fingerprint density at radius 2 is 2.30 bits per heavy atom. The second-order valence-corrected chi connectivity index (χ2v) is 7.09. The van der Waals surface area contributed by atoms with E-state index in [2.05, 4.69) is 15.5 Å². The Hall–Kier alpha value is -2.39. The molecule has 0 saturated carbocycles. The molecule has 27 heavy (non-hydrogen) atoms. The molecule has 0 radical (unpaired) electrons. The highest BCUT2D eigenvalue weighted by atomic mass is 35.5. The lowest BCUT2D eigenvalue weighted by Crippen LogP contribution is -2.34. The summed E-state index contributed by atoms with van der Waals surface area (Å²) in [5, 5.41) is 10.2. The van der Waals surface area contributed by atoms with Crippen LogP contribution in [0.1, 0.15) is 12.2 Å². The number of rotatable bonds is 6. The summed E-state index contributed by atoms with van der Waals surface area (Å²) >= 11 is 11.1. The maximum Gasteiger partial charge on any atom is 0.227 e. The van der Waals surface area contributed by atoms with Crippen LogP contribution in [-0.2, 0) is 23.1 Å². The molecule has 1 aliphatic heterocycles. The largest absolute Gasteiger partial charge is 0.495 e. The number of aromatic amines is 1. The van der Waals surface area contributed by atoms with E-state index in [1.165, 1.54) is 7.11 Å². The van der Waals surface area contributed by atoms with E-state index in [9.17, 15) is 9.59 Å². The highest BCUT2D eigenvalue weighted by molar-refractivity contribution is 7.71. The molecule has 1 atom stereocenters. The van der Waals surface area contributed by atoms with Crippen molar-refractivity contribution in [3.8, 4) is 5.75 Å². The minimum Gasteiger partial charge on any atom is -0.495 e.